The smallest absolute Gasteiger partial charge is 0.0745 e. The largest absolute Gasteiger partial charge is 0.391 e. The van der Waals surface area contributed by atoms with Crippen molar-refractivity contribution in [3.8, 4) is 0 Å². The Labute approximate surface area is 96.5 Å². The standard InChI is InChI=1S/C10H8.C4H10O2/c1-2-6-10-8-4-3-7-9(10)5-1;1-4(5)3-6-2/h1-8H;4-5H,3H2,1-2H3. The van der Waals surface area contributed by atoms with Gasteiger partial charge in [-0.3, -0.25) is 0 Å². The minimum atomic E-state index is -0.324. The average Bonchev–Trinajstić information content (AvgIpc) is 2.30. The fourth-order valence-electron chi connectivity index (χ4n) is 1.37. The van der Waals surface area contributed by atoms with E-state index in [0.29, 0.717) is 6.61 Å². The third-order valence-corrected chi connectivity index (χ3v) is 2.07. The molecule has 1 N–H and O–H groups in total. The van der Waals surface area contributed by atoms with E-state index in [-0.39, 0.29) is 6.10 Å². The molecular weight excluding hydrogens is 200 g/mol. The van der Waals surface area contributed by atoms with Crippen molar-refractivity contribution in [3.63, 3.8) is 0 Å². The van der Waals surface area contributed by atoms with Crippen LogP contribution in [0.5, 0.6) is 0 Å². The highest BCUT2D eigenvalue weighted by molar-refractivity contribution is 5.81. The summed E-state index contributed by atoms with van der Waals surface area (Å²) >= 11 is 0. The zero-order chi connectivity index (χ0) is 11.8. The molecule has 2 nitrogen and oxygen atoms in total. The molecule has 0 fully saturated rings. The Morgan fingerprint density at radius 1 is 1.00 bits per heavy atom. The highest BCUT2D eigenvalue weighted by Crippen LogP contribution is 2.11. The lowest BCUT2D eigenvalue weighted by Gasteiger charge is -1.97. The Kier molecular flexibility index (Phi) is 5.54. The Bertz CT molecular complexity index is 345. The summed E-state index contributed by atoms with van der Waals surface area (Å²) < 4.78 is 4.55. The number of fused-ring (bicyclic) bond motifs is 1. The Hall–Kier alpha value is -1.38. The maximum atomic E-state index is 8.43. The van der Waals surface area contributed by atoms with Crippen molar-refractivity contribution in [2.24, 2.45) is 0 Å². The molecule has 0 aliphatic rings. The zero-order valence-electron chi connectivity index (χ0n) is 9.76. The van der Waals surface area contributed by atoms with Gasteiger partial charge in [0.25, 0.3) is 0 Å². The lowest BCUT2D eigenvalue weighted by Crippen LogP contribution is -2.07. The minimum Gasteiger partial charge on any atom is -0.391 e. The van der Waals surface area contributed by atoms with Crippen LogP contribution < -0.4 is 0 Å². The summed E-state index contributed by atoms with van der Waals surface area (Å²) in [6.07, 6.45) is -0.324. The van der Waals surface area contributed by atoms with Crippen LogP contribution in [0.4, 0.5) is 0 Å². The van der Waals surface area contributed by atoms with Crippen LogP contribution in [0.1, 0.15) is 6.92 Å². The van der Waals surface area contributed by atoms with Crippen molar-refractivity contribution in [2.45, 2.75) is 13.0 Å². The van der Waals surface area contributed by atoms with Gasteiger partial charge < -0.3 is 9.84 Å². The fourth-order valence-corrected chi connectivity index (χ4v) is 1.37. The molecule has 16 heavy (non-hydrogen) atoms. The van der Waals surface area contributed by atoms with Gasteiger partial charge in [-0.15, -0.1) is 0 Å². The highest BCUT2D eigenvalue weighted by Gasteiger charge is 1.87. The first-order chi connectivity index (χ1) is 7.74. The normalized spacial score (nSPS) is 11.7. The first-order valence-corrected chi connectivity index (χ1v) is 5.35. The molecular formula is C14H18O2. The molecule has 1 unspecified atom stereocenters. The molecule has 2 aromatic carbocycles. The van der Waals surface area contributed by atoms with E-state index in [4.69, 9.17) is 5.11 Å². The van der Waals surface area contributed by atoms with E-state index in [9.17, 15) is 0 Å². The van der Waals surface area contributed by atoms with Crippen molar-refractivity contribution < 1.29 is 9.84 Å². The molecule has 0 heterocycles. The molecule has 0 bridgehead atoms. The molecule has 0 saturated carbocycles. The number of aliphatic hydroxyl groups is 1. The third kappa shape index (κ3) is 4.43. The van der Waals surface area contributed by atoms with Crippen LogP contribution in [0.2, 0.25) is 0 Å². The van der Waals surface area contributed by atoms with Gasteiger partial charge in [0.05, 0.1) is 12.7 Å². The quantitative estimate of drug-likeness (QED) is 0.840. The Morgan fingerprint density at radius 2 is 1.38 bits per heavy atom. The van der Waals surface area contributed by atoms with Gasteiger partial charge in [-0.25, -0.2) is 0 Å². The number of methoxy groups -OCH3 is 1. The molecule has 2 aromatic rings. The number of hydrogen-bond donors (Lipinski definition) is 1. The molecule has 0 radical (unpaired) electrons. The van der Waals surface area contributed by atoms with E-state index in [1.807, 2.05) is 0 Å². The second-order valence-corrected chi connectivity index (χ2v) is 3.65. The Morgan fingerprint density at radius 3 is 1.56 bits per heavy atom. The van der Waals surface area contributed by atoms with Crippen LogP contribution in [0, 0.1) is 0 Å². The molecule has 0 spiro atoms. The third-order valence-electron chi connectivity index (χ3n) is 2.07. The highest BCUT2D eigenvalue weighted by atomic mass is 16.5. The average molecular weight is 218 g/mol. The van der Waals surface area contributed by atoms with Gasteiger partial charge >= 0.3 is 0 Å². The van der Waals surface area contributed by atoms with Crippen molar-refractivity contribution in [3.05, 3.63) is 48.5 Å². The van der Waals surface area contributed by atoms with Gasteiger partial charge in [0, 0.05) is 7.11 Å². The summed E-state index contributed by atoms with van der Waals surface area (Å²) in [5, 5.41) is 11.0. The van der Waals surface area contributed by atoms with Crippen LogP contribution >= 0.6 is 0 Å². The number of hydrogen-bond acceptors (Lipinski definition) is 2. The maximum Gasteiger partial charge on any atom is 0.0745 e. The second-order valence-electron chi connectivity index (χ2n) is 3.65. The van der Waals surface area contributed by atoms with E-state index >= 15 is 0 Å². The van der Waals surface area contributed by atoms with E-state index < -0.39 is 0 Å². The molecule has 0 aromatic heterocycles. The summed E-state index contributed by atoms with van der Waals surface area (Å²) in [5.41, 5.74) is 0. The summed E-state index contributed by atoms with van der Waals surface area (Å²) in [6.45, 7) is 2.11. The first-order valence-electron chi connectivity index (χ1n) is 5.35. The van der Waals surface area contributed by atoms with Gasteiger partial charge in [0.15, 0.2) is 0 Å². The molecule has 1 atom stereocenters. The van der Waals surface area contributed by atoms with E-state index in [2.05, 4.69) is 53.3 Å². The number of ether oxygens (including phenoxy) is 1. The topological polar surface area (TPSA) is 29.5 Å². The summed E-state index contributed by atoms with van der Waals surface area (Å²) in [5.74, 6) is 0. The Balaban J connectivity index is 0.000000187. The number of benzene rings is 2. The SMILES string of the molecule is COCC(C)O.c1ccc2ccccc2c1. The molecule has 2 heteroatoms. The van der Waals surface area contributed by atoms with Crippen LogP contribution in [-0.2, 0) is 4.74 Å². The molecule has 0 amide bonds. The van der Waals surface area contributed by atoms with Gasteiger partial charge in [0.2, 0.25) is 0 Å². The summed E-state index contributed by atoms with van der Waals surface area (Å²) in [4.78, 5) is 0. The lowest BCUT2D eigenvalue weighted by molar-refractivity contribution is 0.0765. The van der Waals surface area contributed by atoms with Crippen LogP contribution in [0.25, 0.3) is 10.8 Å². The number of aliphatic hydroxyl groups excluding tert-OH is 1. The molecule has 86 valence electrons. The van der Waals surface area contributed by atoms with E-state index in [1.54, 1.807) is 14.0 Å². The van der Waals surface area contributed by atoms with Crippen molar-refractivity contribution in [1.29, 1.82) is 0 Å². The van der Waals surface area contributed by atoms with E-state index in [0.717, 1.165) is 0 Å². The first kappa shape index (κ1) is 12.7. The monoisotopic (exact) mass is 218 g/mol. The second kappa shape index (κ2) is 6.99. The fraction of sp³-hybridized carbons (Fsp3) is 0.286. The van der Waals surface area contributed by atoms with Crippen LogP contribution in [0.3, 0.4) is 0 Å². The van der Waals surface area contributed by atoms with Crippen LogP contribution in [-0.4, -0.2) is 24.9 Å². The molecule has 0 saturated heterocycles. The predicted molar refractivity (Wildman–Crippen MR) is 67.5 cm³/mol. The lowest BCUT2D eigenvalue weighted by atomic mass is 10.1. The van der Waals surface area contributed by atoms with Crippen molar-refractivity contribution >= 4 is 10.8 Å². The van der Waals surface area contributed by atoms with E-state index in [1.165, 1.54) is 10.8 Å². The van der Waals surface area contributed by atoms with Gasteiger partial charge in [-0.05, 0) is 17.7 Å². The summed E-state index contributed by atoms with van der Waals surface area (Å²) in [6, 6.07) is 16.7. The molecule has 0 aliphatic carbocycles. The zero-order valence-corrected chi connectivity index (χ0v) is 9.76. The molecule has 2 rings (SSSR count). The minimum absolute atomic E-state index is 0.324. The van der Waals surface area contributed by atoms with Crippen molar-refractivity contribution in [2.75, 3.05) is 13.7 Å². The predicted octanol–water partition coefficient (Wildman–Crippen LogP) is 2.85. The van der Waals surface area contributed by atoms with Crippen LogP contribution in [0.15, 0.2) is 48.5 Å². The molecule has 0 aliphatic heterocycles. The number of rotatable bonds is 2. The van der Waals surface area contributed by atoms with Gasteiger partial charge in [0.1, 0.15) is 0 Å². The van der Waals surface area contributed by atoms with Gasteiger partial charge in [-0.2, -0.15) is 0 Å². The maximum absolute atomic E-state index is 8.43. The van der Waals surface area contributed by atoms with Crippen molar-refractivity contribution in [1.82, 2.24) is 0 Å². The van der Waals surface area contributed by atoms with Gasteiger partial charge in [-0.1, -0.05) is 48.5 Å². The summed E-state index contributed by atoms with van der Waals surface area (Å²) in [7, 11) is 1.56.